The van der Waals surface area contributed by atoms with Gasteiger partial charge in [-0.25, -0.2) is 8.42 Å². The molecule has 1 amide bonds. The highest BCUT2D eigenvalue weighted by Crippen LogP contribution is 2.37. The van der Waals surface area contributed by atoms with Crippen LogP contribution in [0.1, 0.15) is 32.6 Å². The van der Waals surface area contributed by atoms with Crippen LogP contribution in [0.25, 0.3) is 0 Å². The topological polar surface area (TPSA) is 66.5 Å². The molecule has 124 valence electrons. The van der Waals surface area contributed by atoms with Crippen LogP contribution in [-0.2, 0) is 14.8 Å². The fourth-order valence-corrected chi connectivity index (χ4v) is 6.30. The number of hydrogen-bond donors (Lipinski definition) is 1. The van der Waals surface area contributed by atoms with E-state index in [0.29, 0.717) is 19.5 Å². The van der Waals surface area contributed by atoms with Crippen molar-refractivity contribution in [2.24, 2.45) is 0 Å². The predicted molar refractivity (Wildman–Crippen MR) is 89.2 cm³/mol. The summed E-state index contributed by atoms with van der Waals surface area (Å²) in [4.78, 5) is 11.0. The number of thiophene rings is 1. The van der Waals surface area contributed by atoms with E-state index in [-0.39, 0.29) is 25.5 Å². The van der Waals surface area contributed by atoms with Crippen molar-refractivity contribution in [2.75, 3.05) is 13.1 Å². The molecule has 1 atom stereocenters. The molecule has 2 heterocycles. The van der Waals surface area contributed by atoms with Crippen molar-refractivity contribution >= 4 is 50.5 Å². The minimum Gasteiger partial charge on any atom is -0.356 e. The van der Waals surface area contributed by atoms with E-state index in [1.54, 1.807) is 0 Å². The molecular formula is C13H18Cl2N2O3S2. The zero-order valence-corrected chi connectivity index (χ0v) is 15.3. The molecule has 0 bridgehead atoms. The first-order chi connectivity index (χ1) is 10.3. The SMILES string of the molecule is CC(=O)NCCC1CCCCN1S(=O)(=O)c1cc(Cl)c(Cl)s1. The molecule has 0 aliphatic carbocycles. The average molecular weight is 385 g/mol. The average Bonchev–Trinajstić information content (AvgIpc) is 2.79. The molecule has 0 radical (unpaired) electrons. The molecule has 1 aliphatic rings. The Kier molecular flexibility index (Phi) is 6.13. The Bertz CT molecular complexity index is 626. The highest BCUT2D eigenvalue weighted by Gasteiger charge is 2.34. The van der Waals surface area contributed by atoms with Gasteiger partial charge in [0.25, 0.3) is 10.0 Å². The Morgan fingerprint density at radius 1 is 1.45 bits per heavy atom. The normalized spacial score (nSPS) is 20.0. The highest BCUT2D eigenvalue weighted by atomic mass is 35.5. The number of carbonyl (C=O) groups is 1. The first kappa shape index (κ1) is 18.0. The number of halogens is 2. The van der Waals surface area contributed by atoms with Gasteiger partial charge in [0.1, 0.15) is 8.55 Å². The second kappa shape index (κ2) is 7.49. The molecule has 1 aromatic rings. The van der Waals surface area contributed by atoms with Crippen LogP contribution >= 0.6 is 34.5 Å². The van der Waals surface area contributed by atoms with E-state index in [1.165, 1.54) is 17.3 Å². The molecule has 1 unspecified atom stereocenters. The lowest BCUT2D eigenvalue weighted by molar-refractivity contribution is -0.119. The molecule has 0 aromatic carbocycles. The summed E-state index contributed by atoms with van der Waals surface area (Å²) in [5.74, 6) is -0.109. The van der Waals surface area contributed by atoms with Crippen LogP contribution in [0.2, 0.25) is 9.36 Å². The molecule has 1 N–H and O–H groups in total. The Labute approximate surface area is 144 Å². The molecule has 0 saturated carbocycles. The lowest BCUT2D eigenvalue weighted by atomic mass is 10.0. The van der Waals surface area contributed by atoms with Crippen molar-refractivity contribution < 1.29 is 13.2 Å². The van der Waals surface area contributed by atoms with Crippen molar-refractivity contribution in [3.05, 3.63) is 15.4 Å². The number of nitrogens with zero attached hydrogens (tertiary/aromatic N) is 1. The van der Waals surface area contributed by atoms with Gasteiger partial charge in [-0.05, 0) is 25.3 Å². The zero-order chi connectivity index (χ0) is 16.3. The van der Waals surface area contributed by atoms with Gasteiger partial charge in [0.2, 0.25) is 5.91 Å². The smallest absolute Gasteiger partial charge is 0.252 e. The zero-order valence-electron chi connectivity index (χ0n) is 12.1. The molecule has 1 fully saturated rings. The van der Waals surface area contributed by atoms with Gasteiger partial charge < -0.3 is 5.32 Å². The maximum Gasteiger partial charge on any atom is 0.252 e. The standard InChI is InChI=1S/C13H18Cl2N2O3S2/c1-9(18)16-6-5-10-4-2-3-7-17(10)22(19,20)12-8-11(14)13(15)21-12/h8,10H,2-7H2,1H3,(H,16,18). The van der Waals surface area contributed by atoms with Crippen LogP contribution in [0.4, 0.5) is 0 Å². The highest BCUT2D eigenvalue weighted by molar-refractivity contribution is 7.91. The predicted octanol–water partition coefficient (Wildman–Crippen LogP) is 3.12. The van der Waals surface area contributed by atoms with Crippen molar-refractivity contribution in [3.63, 3.8) is 0 Å². The summed E-state index contributed by atoms with van der Waals surface area (Å²) in [5.41, 5.74) is 0. The van der Waals surface area contributed by atoms with Crippen molar-refractivity contribution in [1.82, 2.24) is 9.62 Å². The number of rotatable bonds is 5. The number of sulfonamides is 1. The summed E-state index contributed by atoms with van der Waals surface area (Å²) in [7, 11) is -3.59. The number of hydrogen-bond acceptors (Lipinski definition) is 4. The Hall–Kier alpha value is -0.340. The second-order valence-electron chi connectivity index (χ2n) is 5.22. The van der Waals surface area contributed by atoms with Gasteiger partial charge in [-0.3, -0.25) is 4.79 Å². The summed E-state index contributed by atoms with van der Waals surface area (Å²) in [5, 5.41) is 2.98. The van der Waals surface area contributed by atoms with Crippen LogP contribution in [0, 0.1) is 0 Å². The number of amides is 1. The maximum absolute atomic E-state index is 12.8. The molecule has 9 heteroatoms. The number of piperidine rings is 1. The third-order valence-corrected chi connectivity index (χ3v) is 7.88. The third kappa shape index (κ3) is 4.14. The first-order valence-corrected chi connectivity index (χ1v) is 10.0. The maximum atomic E-state index is 12.8. The van der Waals surface area contributed by atoms with Gasteiger partial charge >= 0.3 is 0 Å². The van der Waals surface area contributed by atoms with Crippen LogP contribution in [-0.4, -0.2) is 37.8 Å². The van der Waals surface area contributed by atoms with Crippen molar-refractivity contribution in [3.8, 4) is 0 Å². The summed E-state index contributed by atoms with van der Waals surface area (Å²) in [6.07, 6.45) is 3.22. The van der Waals surface area contributed by atoms with Gasteiger partial charge in [0.15, 0.2) is 0 Å². The van der Waals surface area contributed by atoms with E-state index in [0.717, 1.165) is 30.6 Å². The minimum absolute atomic E-state index is 0.106. The lowest BCUT2D eigenvalue weighted by Crippen LogP contribution is -2.44. The molecule has 2 rings (SSSR count). The second-order valence-corrected chi connectivity index (χ2v) is 9.40. The molecule has 5 nitrogen and oxygen atoms in total. The van der Waals surface area contributed by atoms with E-state index in [4.69, 9.17) is 23.2 Å². The van der Waals surface area contributed by atoms with Gasteiger partial charge in [-0.1, -0.05) is 29.6 Å². The monoisotopic (exact) mass is 384 g/mol. The van der Waals surface area contributed by atoms with Gasteiger partial charge in [0.05, 0.1) is 5.02 Å². The Balaban J connectivity index is 2.16. The van der Waals surface area contributed by atoms with Crippen molar-refractivity contribution in [2.45, 2.75) is 42.9 Å². The Morgan fingerprint density at radius 2 is 2.18 bits per heavy atom. The lowest BCUT2D eigenvalue weighted by Gasteiger charge is -2.34. The van der Waals surface area contributed by atoms with Gasteiger partial charge in [0, 0.05) is 26.1 Å². The van der Waals surface area contributed by atoms with E-state index in [1.807, 2.05) is 0 Å². The number of nitrogens with one attached hydrogen (secondary N) is 1. The van der Waals surface area contributed by atoms with Crippen LogP contribution in [0.3, 0.4) is 0 Å². The largest absolute Gasteiger partial charge is 0.356 e. The third-order valence-electron chi connectivity index (χ3n) is 3.61. The van der Waals surface area contributed by atoms with E-state index >= 15 is 0 Å². The summed E-state index contributed by atoms with van der Waals surface area (Å²) in [6.45, 7) is 2.41. The van der Waals surface area contributed by atoms with Crippen LogP contribution in [0.15, 0.2) is 10.3 Å². The van der Waals surface area contributed by atoms with Gasteiger partial charge in [-0.15, -0.1) is 11.3 Å². The summed E-state index contributed by atoms with van der Waals surface area (Å²) < 4.78 is 27.6. The molecular weight excluding hydrogens is 367 g/mol. The summed E-state index contributed by atoms with van der Waals surface area (Å²) in [6, 6.07) is 1.30. The molecule has 0 spiro atoms. The van der Waals surface area contributed by atoms with Crippen LogP contribution in [0.5, 0.6) is 0 Å². The quantitative estimate of drug-likeness (QED) is 0.847. The fourth-order valence-electron chi connectivity index (χ4n) is 2.56. The molecule has 1 aliphatic heterocycles. The Morgan fingerprint density at radius 3 is 2.77 bits per heavy atom. The number of carbonyl (C=O) groups excluding carboxylic acids is 1. The summed E-state index contributed by atoms with van der Waals surface area (Å²) >= 11 is 12.7. The molecule has 1 aromatic heterocycles. The van der Waals surface area contributed by atoms with Gasteiger partial charge in [-0.2, -0.15) is 4.31 Å². The fraction of sp³-hybridized carbons (Fsp3) is 0.615. The van der Waals surface area contributed by atoms with E-state index in [2.05, 4.69) is 5.32 Å². The van der Waals surface area contributed by atoms with E-state index < -0.39 is 10.0 Å². The molecule has 22 heavy (non-hydrogen) atoms. The molecule has 1 saturated heterocycles. The van der Waals surface area contributed by atoms with Crippen molar-refractivity contribution in [1.29, 1.82) is 0 Å². The first-order valence-electron chi connectivity index (χ1n) is 7.03. The van der Waals surface area contributed by atoms with E-state index in [9.17, 15) is 13.2 Å². The van der Waals surface area contributed by atoms with Crippen LogP contribution < -0.4 is 5.32 Å². The minimum atomic E-state index is -3.59.